The van der Waals surface area contributed by atoms with Gasteiger partial charge >= 0.3 is 0 Å². The van der Waals surface area contributed by atoms with Crippen LogP contribution in [0.5, 0.6) is 0 Å². The average Bonchev–Trinajstić information content (AvgIpc) is 2.75. The van der Waals surface area contributed by atoms with E-state index in [1.165, 1.54) is 0 Å². The highest BCUT2D eigenvalue weighted by Crippen LogP contribution is 2.21. The van der Waals surface area contributed by atoms with E-state index in [1.54, 1.807) is 12.5 Å². The van der Waals surface area contributed by atoms with Gasteiger partial charge in [-0.15, -0.1) is 0 Å². The number of hydrogen-bond donors (Lipinski definition) is 1. The second-order valence-electron chi connectivity index (χ2n) is 3.35. The molecule has 0 atom stereocenters. The highest BCUT2D eigenvalue weighted by Gasteiger charge is 2.07. The summed E-state index contributed by atoms with van der Waals surface area (Å²) in [4.78, 5) is 7.56. The SMILES string of the molecule is CCc1nc(=S)c(C)c(-c2ccoc2)[nH]1. The molecule has 4 heteroatoms. The van der Waals surface area contributed by atoms with Gasteiger partial charge in [-0.05, 0) is 13.0 Å². The number of nitrogens with one attached hydrogen (secondary N) is 1. The fraction of sp³-hybridized carbons (Fsp3) is 0.273. The molecule has 0 bridgehead atoms. The summed E-state index contributed by atoms with van der Waals surface area (Å²) in [7, 11) is 0. The second-order valence-corrected chi connectivity index (χ2v) is 3.74. The smallest absolute Gasteiger partial charge is 0.133 e. The molecule has 0 spiro atoms. The van der Waals surface area contributed by atoms with Crippen molar-refractivity contribution in [2.75, 3.05) is 0 Å². The number of H-pyrrole nitrogens is 1. The van der Waals surface area contributed by atoms with Gasteiger partial charge in [0.15, 0.2) is 0 Å². The second kappa shape index (κ2) is 3.98. The van der Waals surface area contributed by atoms with Crippen LogP contribution in [0.15, 0.2) is 23.0 Å². The van der Waals surface area contributed by atoms with Crippen molar-refractivity contribution in [1.82, 2.24) is 9.97 Å². The molecule has 0 fully saturated rings. The Morgan fingerprint density at radius 1 is 1.53 bits per heavy atom. The minimum absolute atomic E-state index is 0.654. The van der Waals surface area contributed by atoms with E-state index < -0.39 is 0 Å². The summed E-state index contributed by atoms with van der Waals surface area (Å²) in [6.07, 6.45) is 4.19. The zero-order valence-corrected chi connectivity index (χ0v) is 9.52. The molecule has 2 heterocycles. The van der Waals surface area contributed by atoms with E-state index in [0.29, 0.717) is 4.64 Å². The first kappa shape index (κ1) is 10.1. The molecule has 1 N–H and O–H groups in total. The molecule has 0 aromatic carbocycles. The predicted molar refractivity (Wildman–Crippen MR) is 61.2 cm³/mol. The van der Waals surface area contributed by atoms with Crippen molar-refractivity contribution in [2.24, 2.45) is 0 Å². The first-order valence-electron chi connectivity index (χ1n) is 4.84. The van der Waals surface area contributed by atoms with Crippen LogP contribution < -0.4 is 0 Å². The van der Waals surface area contributed by atoms with E-state index in [2.05, 4.69) is 9.97 Å². The van der Waals surface area contributed by atoms with Crippen LogP contribution in [0.4, 0.5) is 0 Å². The van der Waals surface area contributed by atoms with Gasteiger partial charge in [0.05, 0.1) is 18.2 Å². The first-order valence-corrected chi connectivity index (χ1v) is 5.25. The van der Waals surface area contributed by atoms with Crippen molar-refractivity contribution < 1.29 is 4.42 Å². The fourth-order valence-corrected chi connectivity index (χ4v) is 1.65. The molecule has 2 aromatic rings. The number of aromatic nitrogens is 2. The summed E-state index contributed by atoms with van der Waals surface area (Å²) in [6.45, 7) is 4.01. The van der Waals surface area contributed by atoms with Gasteiger partial charge in [-0.2, -0.15) is 0 Å². The molecular weight excluding hydrogens is 208 g/mol. The van der Waals surface area contributed by atoms with E-state index >= 15 is 0 Å². The largest absolute Gasteiger partial charge is 0.472 e. The lowest BCUT2D eigenvalue weighted by molar-refractivity contribution is 0.568. The van der Waals surface area contributed by atoms with Crippen molar-refractivity contribution in [2.45, 2.75) is 20.3 Å². The summed E-state index contributed by atoms with van der Waals surface area (Å²) in [6, 6.07) is 1.91. The molecule has 0 aliphatic carbocycles. The molecule has 78 valence electrons. The highest BCUT2D eigenvalue weighted by atomic mass is 32.1. The minimum Gasteiger partial charge on any atom is -0.472 e. The van der Waals surface area contributed by atoms with Crippen LogP contribution in [0.25, 0.3) is 11.3 Å². The third kappa shape index (κ3) is 1.85. The van der Waals surface area contributed by atoms with Crippen molar-refractivity contribution in [3.63, 3.8) is 0 Å². The predicted octanol–water partition coefficient (Wildman–Crippen LogP) is 3.27. The van der Waals surface area contributed by atoms with Crippen LogP contribution in [-0.4, -0.2) is 9.97 Å². The summed E-state index contributed by atoms with van der Waals surface area (Å²) in [5.41, 5.74) is 3.00. The third-order valence-corrected chi connectivity index (χ3v) is 2.74. The number of rotatable bonds is 2. The van der Waals surface area contributed by atoms with E-state index in [0.717, 1.165) is 29.1 Å². The van der Waals surface area contributed by atoms with Crippen LogP contribution in [0, 0.1) is 11.6 Å². The molecule has 2 aromatic heterocycles. The maximum atomic E-state index is 5.21. The lowest BCUT2D eigenvalue weighted by Crippen LogP contribution is -1.98. The first-order chi connectivity index (χ1) is 7.22. The standard InChI is InChI=1S/C11H12N2OS/c1-3-9-12-10(7(2)11(15)13-9)8-4-5-14-6-8/h4-6H,3H2,1-2H3,(H,12,13,15). The number of hydrogen-bond acceptors (Lipinski definition) is 3. The Morgan fingerprint density at radius 2 is 2.33 bits per heavy atom. The fourth-order valence-electron chi connectivity index (χ4n) is 1.44. The minimum atomic E-state index is 0.654. The Morgan fingerprint density at radius 3 is 2.93 bits per heavy atom. The quantitative estimate of drug-likeness (QED) is 0.790. The highest BCUT2D eigenvalue weighted by molar-refractivity contribution is 7.71. The molecule has 0 saturated carbocycles. The Labute approximate surface area is 93.2 Å². The maximum absolute atomic E-state index is 5.21. The van der Waals surface area contributed by atoms with Crippen LogP contribution in [0.1, 0.15) is 18.3 Å². The normalized spacial score (nSPS) is 10.5. The molecule has 2 rings (SSSR count). The number of aromatic amines is 1. The van der Waals surface area contributed by atoms with Gasteiger partial charge in [0.1, 0.15) is 10.5 Å². The Balaban J connectivity index is 2.65. The number of aryl methyl sites for hydroxylation is 1. The zero-order chi connectivity index (χ0) is 10.8. The van der Waals surface area contributed by atoms with Gasteiger partial charge in [-0.1, -0.05) is 19.1 Å². The number of furan rings is 1. The summed E-state index contributed by atoms with van der Waals surface area (Å²) in [5.74, 6) is 0.904. The van der Waals surface area contributed by atoms with Gasteiger partial charge in [-0.3, -0.25) is 0 Å². The van der Waals surface area contributed by atoms with E-state index in [9.17, 15) is 0 Å². The summed E-state index contributed by atoms with van der Waals surface area (Å²) < 4.78 is 5.72. The molecule has 0 aliphatic rings. The van der Waals surface area contributed by atoms with Crippen molar-refractivity contribution in [1.29, 1.82) is 0 Å². The molecule has 15 heavy (non-hydrogen) atoms. The average molecular weight is 220 g/mol. The van der Waals surface area contributed by atoms with Crippen molar-refractivity contribution >= 4 is 12.2 Å². The topological polar surface area (TPSA) is 41.8 Å². The third-order valence-electron chi connectivity index (χ3n) is 2.35. The molecular formula is C11H12N2OS. The van der Waals surface area contributed by atoms with Crippen molar-refractivity contribution in [3.8, 4) is 11.3 Å². The van der Waals surface area contributed by atoms with Crippen molar-refractivity contribution in [3.05, 3.63) is 34.6 Å². The lowest BCUT2D eigenvalue weighted by atomic mass is 10.1. The summed E-state index contributed by atoms with van der Waals surface area (Å²) in [5, 5.41) is 0. The Hall–Kier alpha value is -1.42. The van der Waals surface area contributed by atoms with Gasteiger partial charge in [0, 0.05) is 17.5 Å². The van der Waals surface area contributed by atoms with E-state index in [-0.39, 0.29) is 0 Å². The lowest BCUT2D eigenvalue weighted by Gasteiger charge is -2.06. The Bertz CT molecular complexity index is 514. The molecule has 0 aliphatic heterocycles. The van der Waals surface area contributed by atoms with Crippen LogP contribution in [-0.2, 0) is 6.42 Å². The molecule has 0 radical (unpaired) electrons. The van der Waals surface area contributed by atoms with Gasteiger partial charge < -0.3 is 9.40 Å². The van der Waals surface area contributed by atoms with E-state index in [4.69, 9.17) is 16.6 Å². The molecule has 0 saturated heterocycles. The molecule has 0 amide bonds. The van der Waals surface area contributed by atoms with Crippen LogP contribution >= 0.6 is 12.2 Å². The van der Waals surface area contributed by atoms with E-state index in [1.807, 2.05) is 19.9 Å². The summed E-state index contributed by atoms with van der Waals surface area (Å²) >= 11 is 5.21. The van der Waals surface area contributed by atoms with Gasteiger partial charge in [-0.25, -0.2) is 4.98 Å². The Kier molecular flexibility index (Phi) is 2.68. The van der Waals surface area contributed by atoms with Gasteiger partial charge in [0.2, 0.25) is 0 Å². The van der Waals surface area contributed by atoms with Gasteiger partial charge in [0.25, 0.3) is 0 Å². The number of nitrogens with zero attached hydrogens (tertiary/aromatic N) is 1. The maximum Gasteiger partial charge on any atom is 0.133 e. The van der Waals surface area contributed by atoms with Crippen LogP contribution in [0.2, 0.25) is 0 Å². The zero-order valence-electron chi connectivity index (χ0n) is 8.70. The monoisotopic (exact) mass is 220 g/mol. The molecule has 0 unspecified atom stereocenters. The molecule has 3 nitrogen and oxygen atoms in total. The van der Waals surface area contributed by atoms with Crippen LogP contribution in [0.3, 0.4) is 0 Å².